The lowest BCUT2D eigenvalue weighted by Gasteiger charge is -2.10. The third kappa shape index (κ3) is 1.84. The predicted octanol–water partition coefficient (Wildman–Crippen LogP) is 2.13. The number of aromatic hydroxyl groups is 1. The number of phenols is 1. The van der Waals surface area contributed by atoms with Crippen LogP contribution in [-0.2, 0) is 13.5 Å². The Hall–Kier alpha value is -1.94. The van der Waals surface area contributed by atoms with Gasteiger partial charge in [-0.2, -0.15) is 0 Å². The summed E-state index contributed by atoms with van der Waals surface area (Å²) in [6.07, 6.45) is 0.454. The Morgan fingerprint density at radius 3 is 2.78 bits per heavy atom. The molecular formula is C14H18N2O2. The Bertz CT molecular complexity index is 614. The maximum atomic E-state index is 10.0. The maximum Gasteiger partial charge on any atom is 0.125 e. The van der Waals surface area contributed by atoms with Crippen LogP contribution < -0.4 is 5.73 Å². The highest BCUT2D eigenvalue weighted by Gasteiger charge is 2.18. The second-order valence-electron chi connectivity index (χ2n) is 4.60. The Morgan fingerprint density at radius 1 is 1.50 bits per heavy atom. The number of aromatic nitrogens is 1. The van der Waals surface area contributed by atoms with E-state index in [-0.39, 0.29) is 11.5 Å². The number of aliphatic hydroxyl groups excluding tert-OH is 1. The van der Waals surface area contributed by atoms with Crippen LogP contribution in [0.2, 0.25) is 0 Å². The molecule has 4 nitrogen and oxygen atoms in total. The summed E-state index contributed by atoms with van der Waals surface area (Å²) in [6.45, 7) is 5.43. The fourth-order valence-electron chi connectivity index (χ4n) is 2.27. The molecule has 0 aliphatic heterocycles. The van der Waals surface area contributed by atoms with Gasteiger partial charge in [-0.3, -0.25) is 0 Å². The van der Waals surface area contributed by atoms with Gasteiger partial charge in [-0.05, 0) is 31.0 Å². The Balaban J connectivity index is 2.63. The normalized spacial score (nSPS) is 12.8. The van der Waals surface area contributed by atoms with Crippen molar-refractivity contribution in [2.75, 3.05) is 0 Å². The summed E-state index contributed by atoms with van der Waals surface area (Å²) in [4.78, 5) is 0. The third-order valence-electron chi connectivity index (χ3n) is 3.48. The van der Waals surface area contributed by atoms with Gasteiger partial charge in [0.15, 0.2) is 0 Å². The van der Waals surface area contributed by atoms with E-state index in [2.05, 4.69) is 6.58 Å². The highest BCUT2D eigenvalue weighted by molar-refractivity contribution is 5.91. The van der Waals surface area contributed by atoms with Gasteiger partial charge >= 0.3 is 0 Å². The second-order valence-corrected chi connectivity index (χ2v) is 4.60. The maximum absolute atomic E-state index is 10.0. The van der Waals surface area contributed by atoms with Crippen molar-refractivity contribution in [2.45, 2.75) is 19.4 Å². The van der Waals surface area contributed by atoms with Gasteiger partial charge in [0.2, 0.25) is 0 Å². The van der Waals surface area contributed by atoms with E-state index in [1.54, 1.807) is 6.07 Å². The standard InChI is InChI=1S/C14H18N2O2/c1-8-10(7-11(15)9(2)17)14-12(16(8)3)5-4-6-13(14)18/h4-6,11,17-18H,2,7,15H2,1,3H3. The van der Waals surface area contributed by atoms with Crippen molar-refractivity contribution in [1.82, 2.24) is 4.57 Å². The fourth-order valence-corrected chi connectivity index (χ4v) is 2.27. The molecule has 1 unspecified atom stereocenters. The topological polar surface area (TPSA) is 71.4 Å². The van der Waals surface area contributed by atoms with Crippen LogP contribution in [0.1, 0.15) is 11.3 Å². The molecule has 1 aromatic heterocycles. The van der Waals surface area contributed by atoms with Crippen molar-refractivity contribution < 1.29 is 10.2 Å². The number of phenolic OH excluding ortho intramolecular Hbond substituents is 1. The van der Waals surface area contributed by atoms with E-state index in [1.807, 2.05) is 30.7 Å². The number of nitrogens with two attached hydrogens (primary N) is 1. The van der Waals surface area contributed by atoms with Crippen LogP contribution in [0.25, 0.3) is 10.9 Å². The van der Waals surface area contributed by atoms with Gasteiger partial charge in [-0.1, -0.05) is 12.6 Å². The monoisotopic (exact) mass is 246 g/mol. The molecule has 0 aliphatic carbocycles. The molecule has 0 saturated heterocycles. The predicted molar refractivity (Wildman–Crippen MR) is 72.8 cm³/mol. The molecule has 1 aromatic carbocycles. The van der Waals surface area contributed by atoms with Crippen molar-refractivity contribution in [3.63, 3.8) is 0 Å². The van der Waals surface area contributed by atoms with E-state index in [9.17, 15) is 10.2 Å². The van der Waals surface area contributed by atoms with Gasteiger partial charge < -0.3 is 20.5 Å². The number of nitrogens with zero attached hydrogens (tertiary/aromatic N) is 1. The third-order valence-corrected chi connectivity index (χ3v) is 3.48. The Labute approximate surface area is 106 Å². The van der Waals surface area contributed by atoms with Gasteiger partial charge in [0.05, 0.1) is 11.6 Å². The van der Waals surface area contributed by atoms with Crippen LogP contribution in [0.3, 0.4) is 0 Å². The van der Waals surface area contributed by atoms with Crippen LogP contribution in [0.5, 0.6) is 5.75 Å². The number of aryl methyl sites for hydroxylation is 1. The first-order valence-electron chi connectivity index (χ1n) is 5.82. The molecule has 2 aromatic rings. The summed E-state index contributed by atoms with van der Waals surface area (Å²) in [5.41, 5.74) is 8.77. The summed E-state index contributed by atoms with van der Waals surface area (Å²) >= 11 is 0. The zero-order valence-electron chi connectivity index (χ0n) is 10.6. The number of hydrogen-bond donors (Lipinski definition) is 3. The zero-order chi connectivity index (χ0) is 13.4. The van der Waals surface area contributed by atoms with E-state index < -0.39 is 6.04 Å². The van der Waals surface area contributed by atoms with E-state index in [4.69, 9.17) is 5.73 Å². The first-order valence-corrected chi connectivity index (χ1v) is 5.82. The van der Waals surface area contributed by atoms with Crippen molar-refractivity contribution in [3.8, 4) is 5.75 Å². The lowest BCUT2D eigenvalue weighted by atomic mass is 10.0. The summed E-state index contributed by atoms with van der Waals surface area (Å²) < 4.78 is 2.01. The minimum atomic E-state index is -0.520. The van der Waals surface area contributed by atoms with E-state index in [0.717, 1.165) is 22.2 Å². The molecule has 0 radical (unpaired) electrons. The molecule has 0 saturated carbocycles. The summed E-state index contributed by atoms with van der Waals surface area (Å²) in [5.74, 6) is 0.198. The summed E-state index contributed by atoms with van der Waals surface area (Å²) in [7, 11) is 1.94. The number of fused-ring (bicyclic) bond motifs is 1. The largest absolute Gasteiger partial charge is 0.511 e. The average Bonchev–Trinajstić information content (AvgIpc) is 2.56. The quantitative estimate of drug-likeness (QED) is 0.726. The zero-order valence-corrected chi connectivity index (χ0v) is 10.6. The summed E-state index contributed by atoms with van der Waals surface area (Å²) in [6, 6.07) is 4.90. The molecule has 18 heavy (non-hydrogen) atoms. The van der Waals surface area contributed by atoms with Crippen LogP contribution >= 0.6 is 0 Å². The molecule has 0 amide bonds. The molecule has 0 aliphatic rings. The van der Waals surface area contributed by atoms with E-state index in [0.29, 0.717) is 6.42 Å². The lowest BCUT2D eigenvalue weighted by molar-refractivity contribution is 0.368. The Morgan fingerprint density at radius 2 is 2.17 bits per heavy atom. The van der Waals surface area contributed by atoms with Gasteiger partial charge in [0.1, 0.15) is 11.5 Å². The second kappa shape index (κ2) is 4.38. The number of hydrogen-bond acceptors (Lipinski definition) is 3. The molecule has 0 spiro atoms. The van der Waals surface area contributed by atoms with Crippen molar-refractivity contribution in [1.29, 1.82) is 0 Å². The lowest BCUT2D eigenvalue weighted by Crippen LogP contribution is -2.25. The smallest absolute Gasteiger partial charge is 0.125 e. The molecular weight excluding hydrogens is 228 g/mol. The van der Waals surface area contributed by atoms with E-state index >= 15 is 0 Å². The minimum absolute atomic E-state index is 0.0400. The molecule has 4 N–H and O–H groups in total. The van der Waals surface area contributed by atoms with Crippen LogP contribution in [0, 0.1) is 6.92 Å². The molecule has 1 atom stereocenters. The number of rotatable bonds is 3. The van der Waals surface area contributed by atoms with E-state index in [1.165, 1.54) is 0 Å². The molecule has 2 rings (SSSR count). The van der Waals surface area contributed by atoms with Gasteiger partial charge in [-0.25, -0.2) is 0 Å². The molecule has 0 bridgehead atoms. The molecule has 96 valence electrons. The van der Waals surface area contributed by atoms with Crippen LogP contribution in [0.15, 0.2) is 30.5 Å². The van der Waals surface area contributed by atoms with Crippen molar-refractivity contribution in [3.05, 3.63) is 41.8 Å². The first-order chi connectivity index (χ1) is 8.43. The average molecular weight is 246 g/mol. The van der Waals surface area contributed by atoms with Gasteiger partial charge in [-0.15, -0.1) is 0 Å². The fraction of sp³-hybridized carbons (Fsp3) is 0.286. The number of aliphatic hydroxyl groups is 1. The van der Waals surface area contributed by atoms with Gasteiger partial charge in [0.25, 0.3) is 0 Å². The molecule has 0 fully saturated rings. The van der Waals surface area contributed by atoms with Crippen LogP contribution in [-0.4, -0.2) is 20.8 Å². The molecule has 4 heteroatoms. The summed E-state index contributed by atoms with van der Waals surface area (Å²) in [5, 5.41) is 20.1. The van der Waals surface area contributed by atoms with Crippen molar-refractivity contribution >= 4 is 10.9 Å². The van der Waals surface area contributed by atoms with Gasteiger partial charge in [0, 0.05) is 18.1 Å². The Kier molecular flexibility index (Phi) is 3.05. The van der Waals surface area contributed by atoms with Crippen molar-refractivity contribution in [2.24, 2.45) is 12.8 Å². The van der Waals surface area contributed by atoms with Crippen LogP contribution in [0.4, 0.5) is 0 Å². The highest BCUT2D eigenvalue weighted by atomic mass is 16.3. The first kappa shape index (κ1) is 12.5. The minimum Gasteiger partial charge on any atom is -0.511 e. The molecule has 1 heterocycles. The highest BCUT2D eigenvalue weighted by Crippen LogP contribution is 2.32. The number of benzene rings is 1. The SMILES string of the molecule is C=C(O)C(N)Cc1c(C)n(C)c2cccc(O)c12.